The Labute approximate surface area is 107 Å². The van der Waals surface area contributed by atoms with Gasteiger partial charge in [-0.15, -0.1) is 11.3 Å². The van der Waals surface area contributed by atoms with E-state index < -0.39 is 0 Å². The van der Waals surface area contributed by atoms with Crippen LogP contribution < -0.4 is 5.32 Å². The fourth-order valence-corrected chi connectivity index (χ4v) is 3.04. The molecule has 1 N–H and O–H groups in total. The molecule has 0 aliphatic carbocycles. The first-order valence-electron chi connectivity index (χ1n) is 5.79. The summed E-state index contributed by atoms with van der Waals surface area (Å²) in [5.41, 5.74) is 1.19. The zero-order valence-corrected chi connectivity index (χ0v) is 12.5. The van der Waals surface area contributed by atoms with E-state index in [9.17, 15) is 0 Å². The number of nitrogens with one attached hydrogen (secondary N) is 1. The van der Waals surface area contributed by atoms with Crippen LogP contribution in [0.3, 0.4) is 0 Å². The van der Waals surface area contributed by atoms with Crippen molar-refractivity contribution in [2.24, 2.45) is 0 Å². The van der Waals surface area contributed by atoms with Gasteiger partial charge in [0.1, 0.15) is 5.01 Å². The van der Waals surface area contributed by atoms with E-state index in [1.807, 2.05) is 23.1 Å². The number of aryl methyl sites for hydroxylation is 1. The van der Waals surface area contributed by atoms with Crippen LogP contribution in [0.2, 0.25) is 0 Å². The molecular weight excluding hydrogens is 236 g/mol. The van der Waals surface area contributed by atoms with E-state index in [1.54, 1.807) is 0 Å². The van der Waals surface area contributed by atoms with Gasteiger partial charge in [-0.1, -0.05) is 27.7 Å². The predicted octanol–water partition coefficient (Wildman–Crippen LogP) is 3.59. The summed E-state index contributed by atoms with van der Waals surface area (Å²) in [7, 11) is 0. The van der Waals surface area contributed by atoms with Crippen LogP contribution in [0.1, 0.15) is 43.3 Å². The van der Waals surface area contributed by atoms with Crippen molar-refractivity contribution in [3.8, 4) is 0 Å². The maximum atomic E-state index is 4.62. The Hall–Kier alpha value is -0.0600. The quantitative estimate of drug-likeness (QED) is 0.844. The molecule has 1 aromatic heterocycles. The molecule has 0 aromatic carbocycles. The monoisotopic (exact) mass is 258 g/mol. The van der Waals surface area contributed by atoms with Crippen LogP contribution in [0, 0.1) is 6.92 Å². The molecule has 0 unspecified atom stereocenters. The van der Waals surface area contributed by atoms with Gasteiger partial charge in [0.25, 0.3) is 0 Å². The van der Waals surface area contributed by atoms with Gasteiger partial charge in [0.05, 0.1) is 5.69 Å². The van der Waals surface area contributed by atoms with Gasteiger partial charge in [-0.05, 0) is 12.2 Å². The van der Waals surface area contributed by atoms with Crippen molar-refractivity contribution in [3.05, 3.63) is 15.6 Å². The number of thiazole rings is 1. The van der Waals surface area contributed by atoms with Crippen LogP contribution in [0.25, 0.3) is 0 Å². The molecule has 1 aromatic rings. The van der Waals surface area contributed by atoms with E-state index in [0.717, 1.165) is 12.3 Å². The van der Waals surface area contributed by atoms with Crippen LogP contribution in [0.15, 0.2) is 0 Å². The minimum atomic E-state index is 0.537. The van der Waals surface area contributed by atoms with Crippen molar-refractivity contribution in [1.29, 1.82) is 0 Å². The molecule has 0 radical (unpaired) electrons. The van der Waals surface area contributed by atoms with Crippen molar-refractivity contribution in [2.75, 3.05) is 0 Å². The Morgan fingerprint density at radius 3 is 2.56 bits per heavy atom. The lowest BCUT2D eigenvalue weighted by atomic mass is 10.3. The zero-order valence-electron chi connectivity index (χ0n) is 10.8. The van der Waals surface area contributed by atoms with E-state index >= 15 is 0 Å². The largest absolute Gasteiger partial charge is 0.310 e. The molecule has 0 spiro atoms. The highest BCUT2D eigenvalue weighted by atomic mass is 32.2. The summed E-state index contributed by atoms with van der Waals surface area (Å²) < 4.78 is 0. The van der Waals surface area contributed by atoms with Gasteiger partial charge in [0, 0.05) is 23.2 Å². The molecule has 0 fully saturated rings. The lowest BCUT2D eigenvalue weighted by molar-refractivity contribution is 0.591. The van der Waals surface area contributed by atoms with Crippen LogP contribution in [0.4, 0.5) is 0 Å². The first-order valence-corrected chi connectivity index (χ1v) is 7.65. The summed E-state index contributed by atoms with van der Waals surface area (Å²) >= 11 is 3.81. The minimum absolute atomic E-state index is 0.537. The van der Waals surface area contributed by atoms with Crippen molar-refractivity contribution in [3.63, 3.8) is 0 Å². The van der Waals surface area contributed by atoms with Crippen LogP contribution in [-0.2, 0) is 12.3 Å². The van der Waals surface area contributed by atoms with Gasteiger partial charge in [-0.25, -0.2) is 4.98 Å². The molecule has 16 heavy (non-hydrogen) atoms. The molecule has 0 amide bonds. The number of aromatic nitrogens is 1. The molecule has 4 heteroatoms. The van der Waals surface area contributed by atoms with E-state index in [1.165, 1.54) is 15.6 Å². The molecule has 92 valence electrons. The SMILES string of the molecule is Cc1nc(CSC(C)C)sc1CNC(C)C. The summed E-state index contributed by atoms with van der Waals surface area (Å²) in [6.07, 6.45) is 0. The number of hydrogen-bond donors (Lipinski definition) is 1. The van der Waals surface area contributed by atoms with Gasteiger partial charge in [0.2, 0.25) is 0 Å². The van der Waals surface area contributed by atoms with Crippen molar-refractivity contribution >= 4 is 23.1 Å². The Morgan fingerprint density at radius 1 is 1.31 bits per heavy atom. The van der Waals surface area contributed by atoms with E-state index in [2.05, 4.69) is 44.9 Å². The summed E-state index contributed by atoms with van der Waals surface area (Å²) in [5.74, 6) is 1.05. The average Bonchev–Trinajstić information content (AvgIpc) is 2.53. The van der Waals surface area contributed by atoms with Crippen molar-refractivity contribution < 1.29 is 0 Å². The second-order valence-corrected chi connectivity index (χ2v) is 7.24. The highest BCUT2D eigenvalue weighted by Crippen LogP contribution is 2.24. The molecule has 0 saturated heterocycles. The van der Waals surface area contributed by atoms with Gasteiger partial charge in [-0.2, -0.15) is 11.8 Å². The first-order chi connectivity index (χ1) is 7.49. The molecule has 0 atom stereocenters. The molecular formula is C12H22N2S2. The van der Waals surface area contributed by atoms with Gasteiger partial charge in [-0.3, -0.25) is 0 Å². The second-order valence-electron chi connectivity index (χ2n) is 4.51. The van der Waals surface area contributed by atoms with Gasteiger partial charge in [0.15, 0.2) is 0 Å². The summed E-state index contributed by atoms with van der Waals surface area (Å²) in [4.78, 5) is 6.00. The lowest BCUT2D eigenvalue weighted by Gasteiger charge is -2.05. The van der Waals surface area contributed by atoms with Crippen molar-refractivity contribution in [2.45, 2.75) is 58.2 Å². The van der Waals surface area contributed by atoms with E-state index in [4.69, 9.17) is 0 Å². The third-order valence-corrected chi connectivity index (χ3v) is 4.59. The molecule has 0 aliphatic heterocycles. The summed E-state index contributed by atoms with van der Waals surface area (Å²) in [5, 5.41) is 5.39. The third kappa shape index (κ3) is 4.85. The molecule has 2 nitrogen and oxygen atoms in total. The smallest absolute Gasteiger partial charge is 0.103 e. The molecule has 1 heterocycles. The molecule has 1 rings (SSSR count). The number of hydrogen-bond acceptors (Lipinski definition) is 4. The number of rotatable bonds is 6. The number of thioether (sulfide) groups is 1. The minimum Gasteiger partial charge on any atom is -0.310 e. The van der Waals surface area contributed by atoms with Crippen LogP contribution in [-0.4, -0.2) is 16.3 Å². The first kappa shape index (κ1) is 14.0. The topological polar surface area (TPSA) is 24.9 Å². The maximum absolute atomic E-state index is 4.62. The molecule has 0 bridgehead atoms. The molecule has 0 saturated carbocycles. The Morgan fingerprint density at radius 2 is 2.00 bits per heavy atom. The highest BCUT2D eigenvalue weighted by Gasteiger charge is 2.08. The standard InChI is InChI=1S/C12H22N2S2/c1-8(2)13-6-11-10(5)14-12(16-11)7-15-9(3)4/h8-9,13H,6-7H2,1-5H3. The van der Waals surface area contributed by atoms with Gasteiger partial charge < -0.3 is 5.32 Å². The van der Waals surface area contributed by atoms with Crippen LogP contribution in [0.5, 0.6) is 0 Å². The lowest BCUT2D eigenvalue weighted by Crippen LogP contribution is -2.21. The van der Waals surface area contributed by atoms with Crippen LogP contribution >= 0.6 is 23.1 Å². The zero-order chi connectivity index (χ0) is 12.1. The normalized spacial score (nSPS) is 11.7. The summed E-state index contributed by atoms with van der Waals surface area (Å²) in [6, 6.07) is 0.537. The van der Waals surface area contributed by atoms with E-state index in [0.29, 0.717) is 11.3 Å². The summed E-state index contributed by atoms with van der Waals surface area (Å²) in [6.45, 7) is 11.9. The van der Waals surface area contributed by atoms with Gasteiger partial charge >= 0.3 is 0 Å². The van der Waals surface area contributed by atoms with Crippen molar-refractivity contribution in [1.82, 2.24) is 10.3 Å². The third-order valence-electron chi connectivity index (χ3n) is 2.15. The average molecular weight is 258 g/mol. The Bertz CT molecular complexity index is 319. The molecule has 0 aliphatic rings. The van der Waals surface area contributed by atoms with E-state index in [-0.39, 0.29) is 0 Å². The highest BCUT2D eigenvalue weighted by molar-refractivity contribution is 7.99. The number of nitrogens with zero attached hydrogens (tertiary/aromatic N) is 1. The Balaban J connectivity index is 2.52. The second kappa shape index (κ2) is 6.62. The predicted molar refractivity (Wildman–Crippen MR) is 75.3 cm³/mol. The fourth-order valence-electron chi connectivity index (χ4n) is 1.25. The maximum Gasteiger partial charge on any atom is 0.103 e. The Kier molecular flexibility index (Phi) is 5.79. The fraction of sp³-hybridized carbons (Fsp3) is 0.750.